The zero-order valence-electron chi connectivity index (χ0n) is 12.9. The highest BCUT2D eigenvalue weighted by atomic mass is 35.5. The van der Waals surface area contributed by atoms with Crippen LogP contribution in [0.1, 0.15) is 29.3 Å². The molecule has 0 saturated heterocycles. The summed E-state index contributed by atoms with van der Waals surface area (Å²) in [4.78, 5) is 12.1. The maximum atomic E-state index is 12.1. The molecule has 0 radical (unpaired) electrons. The molecule has 0 bridgehead atoms. The molecule has 5 heteroatoms. The minimum atomic E-state index is -0.0516. The van der Waals surface area contributed by atoms with E-state index in [-0.39, 0.29) is 5.91 Å². The fourth-order valence-electron chi connectivity index (χ4n) is 2.49. The topological polar surface area (TPSA) is 46.9 Å². The molecule has 0 atom stereocenters. The Balaban J connectivity index is 1.90. The summed E-state index contributed by atoms with van der Waals surface area (Å²) in [5.41, 5.74) is 2.66. The van der Waals surface area contributed by atoms with Crippen molar-refractivity contribution in [3.8, 4) is 0 Å². The first-order chi connectivity index (χ1) is 11.2. The number of benzene rings is 2. The van der Waals surface area contributed by atoms with E-state index < -0.39 is 0 Å². The third-order valence-electron chi connectivity index (χ3n) is 3.66. The average Bonchev–Trinajstić information content (AvgIpc) is 2.95. The summed E-state index contributed by atoms with van der Waals surface area (Å²) in [6.07, 6.45) is 2.73. The molecular formula is C18H18ClN3O. The first-order valence-electron chi connectivity index (χ1n) is 7.65. The number of rotatable bonds is 5. The van der Waals surface area contributed by atoms with Gasteiger partial charge in [0.2, 0.25) is 0 Å². The SMILES string of the molecule is CCCNC(=O)c1ccc2cnn(Cc3cccc(Cl)c3)c2c1. The van der Waals surface area contributed by atoms with Crippen molar-refractivity contribution in [1.29, 1.82) is 0 Å². The molecule has 118 valence electrons. The standard InChI is InChI=1S/C18H18ClN3O/c1-2-8-20-18(23)14-6-7-15-11-21-22(17(15)10-14)12-13-4-3-5-16(19)9-13/h3-7,9-11H,2,8,12H2,1H3,(H,20,23). The number of halogens is 1. The van der Waals surface area contributed by atoms with Crippen molar-refractivity contribution in [2.45, 2.75) is 19.9 Å². The van der Waals surface area contributed by atoms with Gasteiger partial charge in [-0.1, -0.05) is 36.7 Å². The van der Waals surface area contributed by atoms with E-state index in [9.17, 15) is 4.79 Å². The van der Waals surface area contributed by atoms with Crippen molar-refractivity contribution in [1.82, 2.24) is 15.1 Å². The minimum absolute atomic E-state index is 0.0516. The molecule has 0 aliphatic rings. The van der Waals surface area contributed by atoms with Crippen LogP contribution in [0.25, 0.3) is 10.9 Å². The van der Waals surface area contributed by atoms with E-state index >= 15 is 0 Å². The number of nitrogens with zero attached hydrogens (tertiary/aromatic N) is 2. The minimum Gasteiger partial charge on any atom is -0.352 e. The van der Waals surface area contributed by atoms with Crippen molar-refractivity contribution in [2.75, 3.05) is 6.54 Å². The molecule has 2 aromatic carbocycles. The van der Waals surface area contributed by atoms with Gasteiger partial charge in [0.25, 0.3) is 5.91 Å². The van der Waals surface area contributed by atoms with Crippen LogP contribution < -0.4 is 5.32 Å². The Morgan fingerprint density at radius 2 is 2.13 bits per heavy atom. The van der Waals surface area contributed by atoms with Gasteiger partial charge in [0.05, 0.1) is 18.3 Å². The number of amides is 1. The van der Waals surface area contributed by atoms with Gasteiger partial charge in [-0.15, -0.1) is 0 Å². The van der Waals surface area contributed by atoms with Crippen LogP contribution in [-0.4, -0.2) is 22.2 Å². The highest BCUT2D eigenvalue weighted by Gasteiger charge is 2.09. The van der Waals surface area contributed by atoms with Gasteiger partial charge in [-0.2, -0.15) is 5.10 Å². The van der Waals surface area contributed by atoms with Gasteiger partial charge in [-0.25, -0.2) is 0 Å². The molecular weight excluding hydrogens is 310 g/mol. The highest BCUT2D eigenvalue weighted by Crippen LogP contribution is 2.18. The van der Waals surface area contributed by atoms with Gasteiger partial charge in [-0.05, 0) is 36.2 Å². The van der Waals surface area contributed by atoms with E-state index in [1.54, 1.807) is 0 Å². The number of hydrogen-bond acceptors (Lipinski definition) is 2. The van der Waals surface area contributed by atoms with Gasteiger partial charge in [0.1, 0.15) is 0 Å². The summed E-state index contributed by atoms with van der Waals surface area (Å²) in [6, 6.07) is 13.4. The van der Waals surface area contributed by atoms with Gasteiger partial charge in [0, 0.05) is 22.5 Å². The van der Waals surface area contributed by atoms with Crippen molar-refractivity contribution >= 4 is 28.4 Å². The van der Waals surface area contributed by atoms with Gasteiger partial charge >= 0.3 is 0 Å². The molecule has 3 rings (SSSR count). The molecule has 0 spiro atoms. The van der Waals surface area contributed by atoms with E-state index in [1.165, 1.54) is 0 Å². The van der Waals surface area contributed by atoms with Crippen LogP contribution in [0.2, 0.25) is 5.02 Å². The summed E-state index contributed by atoms with van der Waals surface area (Å²) in [7, 11) is 0. The zero-order valence-corrected chi connectivity index (χ0v) is 13.7. The molecule has 0 saturated carbocycles. The maximum absolute atomic E-state index is 12.1. The zero-order chi connectivity index (χ0) is 16.2. The Labute approximate surface area is 140 Å². The number of carbonyl (C=O) groups is 1. The van der Waals surface area contributed by atoms with E-state index in [0.29, 0.717) is 23.7 Å². The Hall–Kier alpha value is -2.33. The molecule has 0 fully saturated rings. The quantitative estimate of drug-likeness (QED) is 0.773. The molecule has 0 aliphatic carbocycles. The number of hydrogen-bond donors (Lipinski definition) is 1. The summed E-state index contributed by atoms with van der Waals surface area (Å²) < 4.78 is 1.89. The monoisotopic (exact) mass is 327 g/mol. The maximum Gasteiger partial charge on any atom is 0.251 e. The summed E-state index contributed by atoms with van der Waals surface area (Å²) in [5.74, 6) is -0.0516. The molecule has 1 heterocycles. The summed E-state index contributed by atoms with van der Waals surface area (Å²) in [6.45, 7) is 3.33. The van der Waals surface area contributed by atoms with Crippen LogP contribution in [-0.2, 0) is 6.54 Å². The molecule has 0 unspecified atom stereocenters. The summed E-state index contributed by atoms with van der Waals surface area (Å²) >= 11 is 6.04. The third-order valence-corrected chi connectivity index (χ3v) is 3.90. The number of aromatic nitrogens is 2. The molecule has 1 N–H and O–H groups in total. The fraction of sp³-hybridized carbons (Fsp3) is 0.222. The molecule has 1 amide bonds. The molecule has 1 aromatic heterocycles. The van der Waals surface area contributed by atoms with Crippen LogP contribution in [0.15, 0.2) is 48.7 Å². The lowest BCUT2D eigenvalue weighted by molar-refractivity contribution is 0.0954. The Bertz CT molecular complexity index is 841. The average molecular weight is 328 g/mol. The van der Waals surface area contributed by atoms with Crippen molar-refractivity contribution in [3.63, 3.8) is 0 Å². The third kappa shape index (κ3) is 3.54. The number of fused-ring (bicyclic) bond motifs is 1. The van der Waals surface area contributed by atoms with Crippen molar-refractivity contribution < 1.29 is 4.79 Å². The second-order valence-electron chi connectivity index (χ2n) is 5.46. The van der Waals surface area contributed by atoms with Crippen LogP contribution in [0.4, 0.5) is 0 Å². The lowest BCUT2D eigenvalue weighted by Crippen LogP contribution is -2.23. The van der Waals surface area contributed by atoms with Gasteiger partial charge in [0.15, 0.2) is 0 Å². The van der Waals surface area contributed by atoms with E-state index in [4.69, 9.17) is 11.6 Å². The van der Waals surface area contributed by atoms with E-state index in [1.807, 2.05) is 60.3 Å². The van der Waals surface area contributed by atoms with Gasteiger partial charge in [-0.3, -0.25) is 9.48 Å². The molecule has 0 aliphatic heterocycles. The van der Waals surface area contributed by atoms with Crippen LogP contribution in [0.3, 0.4) is 0 Å². The number of carbonyl (C=O) groups excluding carboxylic acids is 1. The predicted molar refractivity (Wildman–Crippen MR) is 92.9 cm³/mol. The van der Waals surface area contributed by atoms with Crippen LogP contribution >= 0.6 is 11.6 Å². The first-order valence-corrected chi connectivity index (χ1v) is 8.03. The van der Waals surface area contributed by atoms with Crippen LogP contribution in [0, 0.1) is 0 Å². The summed E-state index contributed by atoms with van der Waals surface area (Å²) in [5, 5.41) is 9.04. The Morgan fingerprint density at radius 1 is 1.26 bits per heavy atom. The Morgan fingerprint density at radius 3 is 2.91 bits per heavy atom. The van der Waals surface area contributed by atoms with E-state index in [2.05, 4.69) is 10.4 Å². The molecule has 23 heavy (non-hydrogen) atoms. The van der Waals surface area contributed by atoms with Gasteiger partial charge < -0.3 is 5.32 Å². The lowest BCUT2D eigenvalue weighted by atomic mass is 10.1. The van der Waals surface area contributed by atoms with E-state index in [0.717, 1.165) is 22.9 Å². The smallest absolute Gasteiger partial charge is 0.251 e. The Kier molecular flexibility index (Phi) is 4.63. The molecule has 3 aromatic rings. The number of nitrogens with one attached hydrogen (secondary N) is 1. The molecule has 4 nitrogen and oxygen atoms in total. The fourth-order valence-corrected chi connectivity index (χ4v) is 2.70. The first kappa shape index (κ1) is 15.6. The highest BCUT2D eigenvalue weighted by molar-refractivity contribution is 6.30. The largest absolute Gasteiger partial charge is 0.352 e. The normalized spacial score (nSPS) is 10.9. The van der Waals surface area contributed by atoms with Crippen molar-refractivity contribution in [3.05, 3.63) is 64.8 Å². The predicted octanol–water partition coefficient (Wildman–Crippen LogP) is 3.88. The second kappa shape index (κ2) is 6.84. The lowest BCUT2D eigenvalue weighted by Gasteiger charge is -2.07. The second-order valence-corrected chi connectivity index (χ2v) is 5.90. The van der Waals surface area contributed by atoms with Crippen molar-refractivity contribution in [2.24, 2.45) is 0 Å². The van der Waals surface area contributed by atoms with Crippen LogP contribution in [0.5, 0.6) is 0 Å².